The fraction of sp³-hybridized carbons (Fsp3) is 0.273. The predicted octanol–water partition coefficient (Wildman–Crippen LogP) is 4.91. The molecule has 0 fully saturated rings. The number of carbonyl (C=O) groups excluding carboxylic acids is 1. The maximum absolute atomic E-state index is 12.6. The SMILES string of the molecule is Cc1cccc(C)c1CC(=O)c1ccc(OCc2c(C)noc2C)cc1. The molecule has 3 aromatic rings. The number of aryl methyl sites for hydroxylation is 4. The molecule has 2 aromatic carbocycles. The maximum Gasteiger partial charge on any atom is 0.167 e. The number of ether oxygens (including phenoxy) is 1. The Hall–Kier alpha value is -2.88. The first-order valence-electron chi connectivity index (χ1n) is 8.68. The smallest absolute Gasteiger partial charge is 0.167 e. The van der Waals surface area contributed by atoms with Crippen molar-refractivity contribution in [3.05, 3.63) is 81.7 Å². The summed E-state index contributed by atoms with van der Waals surface area (Å²) >= 11 is 0. The highest BCUT2D eigenvalue weighted by Gasteiger charge is 2.12. The number of nitrogens with zero attached hydrogens (tertiary/aromatic N) is 1. The molecular weight excluding hydrogens is 326 g/mol. The largest absolute Gasteiger partial charge is 0.489 e. The highest BCUT2D eigenvalue weighted by atomic mass is 16.5. The zero-order valence-electron chi connectivity index (χ0n) is 15.6. The highest BCUT2D eigenvalue weighted by Crippen LogP contribution is 2.20. The number of ketones is 1. The molecule has 4 heteroatoms. The minimum atomic E-state index is 0.111. The molecule has 26 heavy (non-hydrogen) atoms. The molecule has 0 atom stereocenters. The molecule has 1 heterocycles. The lowest BCUT2D eigenvalue weighted by molar-refractivity contribution is 0.0992. The number of carbonyl (C=O) groups is 1. The lowest BCUT2D eigenvalue weighted by atomic mass is 9.95. The topological polar surface area (TPSA) is 52.3 Å². The van der Waals surface area contributed by atoms with Crippen molar-refractivity contribution in [2.75, 3.05) is 0 Å². The van der Waals surface area contributed by atoms with Crippen LogP contribution in [0.2, 0.25) is 0 Å². The van der Waals surface area contributed by atoms with Crippen LogP contribution in [0.15, 0.2) is 47.0 Å². The summed E-state index contributed by atoms with van der Waals surface area (Å²) in [5.74, 6) is 1.59. The second-order valence-corrected chi connectivity index (χ2v) is 6.59. The Morgan fingerprint density at radius 2 is 1.62 bits per heavy atom. The second kappa shape index (κ2) is 7.56. The van der Waals surface area contributed by atoms with E-state index in [9.17, 15) is 4.79 Å². The third kappa shape index (κ3) is 3.85. The van der Waals surface area contributed by atoms with E-state index in [4.69, 9.17) is 9.26 Å². The van der Waals surface area contributed by atoms with Crippen LogP contribution in [0.25, 0.3) is 0 Å². The lowest BCUT2D eigenvalue weighted by Gasteiger charge is -2.10. The van der Waals surface area contributed by atoms with E-state index >= 15 is 0 Å². The van der Waals surface area contributed by atoms with E-state index < -0.39 is 0 Å². The van der Waals surface area contributed by atoms with Crippen LogP contribution in [0.1, 0.15) is 44.1 Å². The van der Waals surface area contributed by atoms with Crippen LogP contribution in [0.4, 0.5) is 0 Å². The Morgan fingerprint density at radius 1 is 0.962 bits per heavy atom. The number of Topliss-reactive ketones (excluding diaryl/α,β-unsaturated/α-hetero) is 1. The van der Waals surface area contributed by atoms with Crippen molar-refractivity contribution in [2.24, 2.45) is 0 Å². The van der Waals surface area contributed by atoms with Gasteiger partial charge in [0, 0.05) is 12.0 Å². The molecule has 0 N–H and O–H groups in total. The number of aromatic nitrogens is 1. The third-order valence-electron chi connectivity index (χ3n) is 4.72. The first-order chi connectivity index (χ1) is 12.5. The molecule has 0 saturated heterocycles. The third-order valence-corrected chi connectivity index (χ3v) is 4.72. The standard InChI is InChI=1S/C22H23NO3/c1-14-6-5-7-15(2)20(14)12-22(24)18-8-10-19(11-9-18)25-13-21-16(3)23-26-17(21)4/h5-11H,12-13H2,1-4H3. The zero-order chi connectivity index (χ0) is 18.7. The second-order valence-electron chi connectivity index (χ2n) is 6.59. The van der Waals surface area contributed by atoms with Gasteiger partial charge in [-0.1, -0.05) is 23.4 Å². The van der Waals surface area contributed by atoms with Crippen LogP contribution in [0.3, 0.4) is 0 Å². The first-order valence-corrected chi connectivity index (χ1v) is 8.68. The summed E-state index contributed by atoms with van der Waals surface area (Å²) in [6, 6.07) is 13.4. The van der Waals surface area contributed by atoms with Gasteiger partial charge in [0.05, 0.1) is 11.3 Å². The van der Waals surface area contributed by atoms with Crippen LogP contribution in [-0.2, 0) is 13.0 Å². The van der Waals surface area contributed by atoms with Crippen LogP contribution in [0.5, 0.6) is 5.75 Å². The molecule has 0 saturated carbocycles. The fourth-order valence-electron chi connectivity index (χ4n) is 2.99. The molecule has 1 aromatic heterocycles. The molecule has 0 aliphatic rings. The van der Waals surface area contributed by atoms with Crippen molar-refractivity contribution in [3.63, 3.8) is 0 Å². The molecule has 0 amide bonds. The summed E-state index contributed by atoms with van der Waals surface area (Å²) in [7, 11) is 0. The van der Waals surface area contributed by atoms with Crippen LogP contribution in [-0.4, -0.2) is 10.9 Å². The molecule has 0 aliphatic carbocycles. The normalized spacial score (nSPS) is 10.8. The van der Waals surface area contributed by atoms with Crippen molar-refractivity contribution in [1.29, 1.82) is 0 Å². The summed E-state index contributed by atoms with van der Waals surface area (Å²) in [4.78, 5) is 12.6. The molecular formula is C22H23NO3. The average Bonchev–Trinajstić information content (AvgIpc) is 2.95. The van der Waals surface area contributed by atoms with E-state index in [2.05, 4.69) is 5.16 Å². The Kier molecular flexibility index (Phi) is 5.21. The number of rotatable bonds is 6. The van der Waals surface area contributed by atoms with Gasteiger partial charge in [-0.3, -0.25) is 4.79 Å². The van der Waals surface area contributed by atoms with E-state index in [1.807, 2.05) is 70.2 Å². The Morgan fingerprint density at radius 3 is 2.19 bits per heavy atom. The molecule has 3 rings (SSSR count). The molecule has 0 bridgehead atoms. The van der Waals surface area contributed by atoms with E-state index in [1.54, 1.807) is 0 Å². The Labute approximate surface area is 153 Å². The molecule has 0 radical (unpaired) electrons. The van der Waals surface area contributed by atoms with Crippen LogP contribution in [0, 0.1) is 27.7 Å². The summed E-state index contributed by atoms with van der Waals surface area (Å²) in [5, 5.41) is 3.92. The van der Waals surface area contributed by atoms with Crippen molar-refractivity contribution >= 4 is 5.78 Å². The summed E-state index contributed by atoms with van der Waals surface area (Å²) < 4.78 is 10.9. The summed E-state index contributed by atoms with van der Waals surface area (Å²) in [6.45, 7) is 8.25. The lowest BCUT2D eigenvalue weighted by Crippen LogP contribution is -2.06. The van der Waals surface area contributed by atoms with Crippen molar-refractivity contribution in [3.8, 4) is 5.75 Å². The van der Waals surface area contributed by atoms with Crippen LogP contribution >= 0.6 is 0 Å². The number of benzene rings is 2. The van der Waals surface area contributed by atoms with Gasteiger partial charge in [-0.05, 0) is 68.7 Å². The molecule has 0 unspecified atom stereocenters. The Balaban J connectivity index is 1.66. The zero-order valence-corrected chi connectivity index (χ0v) is 15.6. The molecule has 0 spiro atoms. The number of hydrogen-bond donors (Lipinski definition) is 0. The molecule has 4 nitrogen and oxygen atoms in total. The predicted molar refractivity (Wildman–Crippen MR) is 101 cm³/mol. The van der Waals surface area contributed by atoms with Gasteiger partial charge < -0.3 is 9.26 Å². The van der Waals surface area contributed by atoms with Gasteiger partial charge in [0.25, 0.3) is 0 Å². The van der Waals surface area contributed by atoms with Gasteiger partial charge in [0.15, 0.2) is 5.78 Å². The Bertz CT molecular complexity index is 883. The van der Waals surface area contributed by atoms with Crippen LogP contribution < -0.4 is 4.74 Å². The van der Waals surface area contributed by atoms with Gasteiger partial charge in [-0.2, -0.15) is 0 Å². The molecule has 134 valence electrons. The monoisotopic (exact) mass is 349 g/mol. The maximum atomic E-state index is 12.6. The van der Waals surface area contributed by atoms with Gasteiger partial charge in [-0.15, -0.1) is 0 Å². The molecule has 0 aliphatic heterocycles. The van der Waals surface area contributed by atoms with Gasteiger partial charge >= 0.3 is 0 Å². The minimum absolute atomic E-state index is 0.111. The van der Waals surface area contributed by atoms with Gasteiger partial charge in [0.1, 0.15) is 18.1 Å². The summed E-state index contributed by atoms with van der Waals surface area (Å²) in [5.41, 5.74) is 5.90. The number of hydrogen-bond acceptors (Lipinski definition) is 4. The van der Waals surface area contributed by atoms with E-state index in [0.29, 0.717) is 24.3 Å². The van der Waals surface area contributed by atoms with Gasteiger partial charge in [-0.25, -0.2) is 0 Å². The summed E-state index contributed by atoms with van der Waals surface area (Å²) in [6.07, 6.45) is 0.414. The van der Waals surface area contributed by atoms with Crippen molar-refractivity contribution < 1.29 is 14.1 Å². The quantitative estimate of drug-likeness (QED) is 0.593. The van der Waals surface area contributed by atoms with Gasteiger partial charge in [0.2, 0.25) is 0 Å². The first kappa shape index (κ1) is 17.9. The minimum Gasteiger partial charge on any atom is -0.489 e. The highest BCUT2D eigenvalue weighted by molar-refractivity contribution is 5.97. The van der Waals surface area contributed by atoms with E-state index in [1.165, 1.54) is 0 Å². The van der Waals surface area contributed by atoms with Crippen molar-refractivity contribution in [2.45, 2.75) is 40.7 Å². The van der Waals surface area contributed by atoms with E-state index in [0.717, 1.165) is 33.7 Å². The van der Waals surface area contributed by atoms with Crippen molar-refractivity contribution in [1.82, 2.24) is 5.16 Å². The average molecular weight is 349 g/mol. The van der Waals surface area contributed by atoms with E-state index in [-0.39, 0.29) is 5.78 Å². The fourth-order valence-corrected chi connectivity index (χ4v) is 2.99.